The van der Waals surface area contributed by atoms with Gasteiger partial charge in [-0.3, -0.25) is 14.2 Å². The summed E-state index contributed by atoms with van der Waals surface area (Å²) in [4.78, 5) is 47.3. The number of thiazole rings is 1. The minimum absolute atomic E-state index is 0.0480. The van der Waals surface area contributed by atoms with Crippen LogP contribution in [0.5, 0.6) is 17.2 Å². The third-order valence-corrected chi connectivity index (χ3v) is 9.36. The molecule has 0 radical (unpaired) electrons. The number of benzene rings is 2. The fourth-order valence-corrected chi connectivity index (χ4v) is 7.22. The monoisotopic (exact) mass is 711 g/mol. The quantitative estimate of drug-likeness (QED) is 0.250. The van der Waals surface area contributed by atoms with Crippen molar-refractivity contribution in [1.29, 1.82) is 0 Å². The molecule has 0 unspecified atom stereocenters. The normalized spacial score (nSPS) is 16.2. The van der Waals surface area contributed by atoms with Crippen LogP contribution in [0.1, 0.15) is 63.6 Å². The second-order valence-electron chi connectivity index (χ2n) is 10.8. The molecule has 12 heteroatoms. The van der Waals surface area contributed by atoms with Crippen molar-refractivity contribution >= 4 is 45.2 Å². The minimum Gasteiger partial charge on any atom is -0.496 e. The summed E-state index contributed by atoms with van der Waals surface area (Å²) >= 11 is 4.82. The topological polar surface area (TPSA) is 109 Å². The molecule has 1 fully saturated rings. The van der Waals surface area contributed by atoms with Gasteiger partial charge in [0.15, 0.2) is 22.9 Å². The second-order valence-corrected chi connectivity index (χ2v) is 12.7. The summed E-state index contributed by atoms with van der Waals surface area (Å²) in [6.07, 6.45) is 5.11. The highest BCUT2D eigenvalue weighted by Gasteiger charge is 2.34. The maximum absolute atomic E-state index is 14.2. The van der Waals surface area contributed by atoms with Crippen molar-refractivity contribution in [1.82, 2.24) is 9.47 Å². The lowest BCUT2D eigenvalue weighted by Gasteiger charge is -2.26. The van der Waals surface area contributed by atoms with Gasteiger partial charge >= 0.3 is 5.97 Å². The van der Waals surface area contributed by atoms with Crippen molar-refractivity contribution in [3.05, 3.63) is 83.0 Å². The minimum atomic E-state index is -0.746. The summed E-state index contributed by atoms with van der Waals surface area (Å²) in [7, 11) is 1.58. The van der Waals surface area contributed by atoms with Gasteiger partial charge < -0.3 is 23.8 Å². The Morgan fingerprint density at radius 1 is 1.02 bits per heavy atom. The first-order valence-corrected chi connectivity index (χ1v) is 17.1. The fraction of sp³-hybridized carbons (Fsp3) is 0.412. The molecule has 0 spiro atoms. The first kappa shape index (κ1) is 33.5. The number of carbonyl (C=O) groups is 2. The molecule has 1 amide bonds. The lowest BCUT2D eigenvalue weighted by atomic mass is 9.94. The molecular weight excluding hydrogens is 674 g/mol. The predicted molar refractivity (Wildman–Crippen MR) is 179 cm³/mol. The van der Waals surface area contributed by atoms with Gasteiger partial charge in [0.1, 0.15) is 5.75 Å². The van der Waals surface area contributed by atoms with Crippen molar-refractivity contribution in [2.45, 2.75) is 52.5 Å². The SMILES string of the molecule is CCCC1=C(C(=O)OCC)[C@@H](c2ccc(OC)c(Br)c2)n2c(s/c(=C/c3ccc(OCC(=O)N4CCCC4)c(OCC)c3)c2=O)=N1. The van der Waals surface area contributed by atoms with Crippen LogP contribution in [0.25, 0.3) is 6.08 Å². The third kappa shape index (κ3) is 7.07. The number of carbonyl (C=O) groups excluding carboxylic acids is 2. The lowest BCUT2D eigenvalue weighted by molar-refractivity contribution is -0.139. The van der Waals surface area contributed by atoms with E-state index in [2.05, 4.69) is 15.9 Å². The molecule has 0 N–H and O–H groups in total. The van der Waals surface area contributed by atoms with Crippen molar-refractivity contribution in [2.75, 3.05) is 40.0 Å². The predicted octanol–water partition coefficient (Wildman–Crippen LogP) is 4.75. The van der Waals surface area contributed by atoms with Crippen LogP contribution in [-0.2, 0) is 14.3 Å². The van der Waals surface area contributed by atoms with Crippen molar-refractivity contribution < 1.29 is 28.5 Å². The summed E-state index contributed by atoms with van der Waals surface area (Å²) in [5.41, 5.74) is 2.11. The van der Waals surface area contributed by atoms with E-state index in [1.165, 1.54) is 11.3 Å². The van der Waals surface area contributed by atoms with E-state index in [4.69, 9.17) is 23.9 Å². The molecule has 0 aliphatic carbocycles. The highest BCUT2D eigenvalue weighted by Crippen LogP contribution is 2.36. The number of hydrogen-bond donors (Lipinski definition) is 0. The molecule has 3 aromatic rings. The summed E-state index contributed by atoms with van der Waals surface area (Å²) in [6, 6.07) is 10.1. The van der Waals surface area contributed by atoms with Gasteiger partial charge in [0, 0.05) is 13.1 Å². The maximum atomic E-state index is 14.2. The van der Waals surface area contributed by atoms with Crippen LogP contribution in [0.3, 0.4) is 0 Å². The average molecular weight is 713 g/mol. The smallest absolute Gasteiger partial charge is 0.338 e. The maximum Gasteiger partial charge on any atom is 0.338 e. The Morgan fingerprint density at radius 2 is 1.78 bits per heavy atom. The lowest BCUT2D eigenvalue weighted by Crippen LogP contribution is -2.40. The summed E-state index contributed by atoms with van der Waals surface area (Å²) < 4.78 is 25.3. The first-order chi connectivity index (χ1) is 22.3. The molecule has 1 atom stereocenters. The first-order valence-electron chi connectivity index (χ1n) is 15.5. The van der Waals surface area contributed by atoms with E-state index < -0.39 is 12.0 Å². The number of nitrogens with zero attached hydrogens (tertiary/aromatic N) is 3. The molecule has 2 aromatic carbocycles. The summed E-state index contributed by atoms with van der Waals surface area (Å²) in [6.45, 7) is 7.69. The van der Waals surface area contributed by atoms with Crippen LogP contribution < -0.4 is 29.1 Å². The molecule has 244 valence electrons. The summed E-state index contributed by atoms with van der Waals surface area (Å²) in [5.74, 6) is 1.02. The number of rotatable bonds is 12. The largest absolute Gasteiger partial charge is 0.496 e. The number of fused-ring (bicyclic) bond motifs is 1. The highest BCUT2D eigenvalue weighted by atomic mass is 79.9. The van der Waals surface area contributed by atoms with Crippen molar-refractivity contribution in [3.8, 4) is 17.2 Å². The molecule has 10 nitrogen and oxygen atoms in total. The molecule has 2 aliphatic heterocycles. The standard InChI is InChI=1S/C34H38BrN3O7S/c1-5-10-24-30(33(41)44-7-3)31(22-12-14-25(42-4)23(35)19-22)38-32(40)28(46-34(38)36-24)18-21-11-13-26(27(17-21)43-6-2)45-20-29(39)37-15-8-9-16-37/h11-14,17-19,31H,5-10,15-16,20H2,1-4H3/b28-18+/t31-/m1/s1. The zero-order chi connectivity index (χ0) is 32.8. The van der Waals surface area contributed by atoms with Gasteiger partial charge in [0.25, 0.3) is 11.5 Å². The Kier molecular flexibility index (Phi) is 11.0. The van der Waals surface area contributed by atoms with Gasteiger partial charge in [0.05, 0.1) is 46.6 Å². The average Bonchev–Trinajstić information content (AvgIpc) is 3.69. The molecule has 46 heavy (non-hydrogen) atoms. The van der Waals surface area contributed by atoms with E-state index in [9.17, 15) is 14.4 Å². The Hall–Kier alpha value is -3.90. The van der Waals surface area contributed by atoms with Crippen LogP contribution in [0, 0.1) is 0 Å². The van der Waals surface area contributed by atoms with E-state index in [0.717, 1.165) is 37.9 Å². The number of amides is 1. The number of methoxy groups -OCH3 is 1. The fourth-order valence-electron chi connectivity index (χ4n) is 5.64. The number of halogens is 1. The molecule has 5 rings (SSSR count). The Labute approximate surface area is 280 Å². The van der Waals surface area contributed by atoms with E-state index >= 15 is 0 Å². The number of hydrogen-bond acceptors (Lipinski definition) is 9. The van der Waals surface area contributed by atoms with E-state index in [1.807, 2.05) is 36.9 Å². The number of esters is 1. The van der Waals surface area contributed by atoms with Gasteiger partial charge in [-0.15, -0.1) is 0 Å². The van der Waals surface area contributed by atoms with Crippen LogP contribution in [0.2, 0.25) is 0 Å². The molecule has 0 saturated carbocycles. The number of aromatic nitrogens is 1. The van der Waals surface area contributed by atoms with Crippen LogP contribution in [0.15, 0.2) is 61.9 Å². The van der Waals surface area contributed by atoms with Crippen LogP contribution in [-0.4, -0.2) is 61.4 Å². The van der Waals surface area contributed by atoms with Gasteiger partial charge in [-0.1, -0.05) is 36.8 Å². The second kappa shape index (κ2) is 15.1. The molecule has 0 bridgehead atoms. The van der Waals surface area contributed by atoms with Gasteiger partial charge in [-0.05, 0) is 90.5 Å². The number of ether oxygens (including phenoxy) is 4. The van der Waals surface area contributed by atoms with E-state index in [1.54, 1.807) is 42.9 Å². The van der Waals surface area contributed by atoms with E-state index in [-0.39, 0.29) is 24.7 Å². The van der Waals surface area contributed by atoms with Gasteiger partial charge in [-0.25, -0.2) is 9.79 Å². The zero-order valence-corrected chi connectivity index (χ0v) is 28.9. The molecular formula is C34H38BrN3O7S. The van der Waals surface area contributed by atoms with Gasteiger partial charge in [0.2, 0.25) is 0 Å². The number of allylic oxidation sites excluding steroid dienone is 1. The van der Waals surface area contributed by atoms with E-state index in [0.29, 0.717) is 60.9 Å². The van der Waals surface area contributed by atoms with Crippen molar-refractivity contribution in [3.63, 3.8) is 0 Å². The Morgan fingerprint density at radius 3 is 2.46 bits per heavy atom. The molecule has 3 heterocycles. The van der Waals surface area contributed by atoms with Crippen LogP contribution in [0.4, 0.5) is 0 Å². The zero-order valence-electron chi connectivity index (χ0n) is 26.5. The van der Waals surface area contributed by atoms with Gasteiger partial charge in [-0.2, -0.15) is 0 Å². The number of likely N-dealkylation sites (tertiary alicyclic amines) is 1. The Balaban J connectivity index is 1.58. The Bertz CT molecular complexity index is 1820. The third-order valence-electron chi connectivity index (χ3n) is 7.76. The van der Waals surface area contributed by atoms with Crippen LogP contribution >= 0.6 is 27.3 Å². The van der Waals surface area contributed by atoms with Crippen molar-refractivity contribution in [2.24, 2.45) is 4.99 Å². The molecule has 2 aliphatic rings. The molecule has 1 saturated heterocycles. The highest BCUT2D eigenvalue weighted by molar-refractivity contribution is 9.10. The summed E-state index contributed by atoms with van der Waals surface area (Å²) in [5, 5.41) is 0. The molecule has 1 aromatic heterocycles.